The Morgan fingerprint density at radius 2 is 2.27 bits per heavy atom. The van der Waals surface area contributed by atoms with Gasteiger partial charge >= 0.3 is 0 Å². The van der Waals surface area contributed by atoms with Crippen molar-refractivity contribution in [1.29, 1.82) is 0 Å². The largest absolute Gasteiger partial charge is 0.392 e. The van der Waals surface area contributed by atoms with Crippen molar-refractivity contribution in [3.05, 3.63) is 29.8 Å². The van der Waals surface area contributed by atoms with Crippen LogP contribution in [0.15, 0.2) is 24.3 Å². The molecule has 3 nitrogen and oxygen atoms in total. The van der Waals surface area contributed by atoms with E-state index < -0.39 is 0 Å². The molecule has 1 rings (SSSR count). The Kier molecular flexibility index (Phi) is 4.31. The maximum Gasteiger partial charge on any atom is 0.227 e. The smallest absolute Gasteiger partial charge is 0.227 e. The summed E-state index contributed by atoms with van der Waals surface area (Å²) in [7, 11) is 0. The van der Waals surface area contributed by atoms with E-state index in [1.807, 2.05) is 32.0 Å². The number of nitrogens with one attached hydrogen (secondary N) is 1. The van der Waals surface area contributed by atoms with Gasteiger partial charge in [0, 0.05) is 11.6 Å². The molecule has 1 atom stereocenters. The van der Waals surface area contributed by atoms with Crippen molar-refractivity contribution in [2.24, 2.45) is 5.92 Å². The van der Waals surface area contributed by atoms with Gasteiger partial charge in [-0.05, 0) is 24.1 Å². The van der Waals surface area contributed by atoms with E-state index in [2.05, 4.69) is 5.32 Å². The lowest BCUT2D eigenvalue weighted by molar-refractivity contribution is -0.119. The van der Waals surface area contributed by atoms with Gasteiger partial charge in [-0.2, -0.15) is 0 Å². The third-order valence-corrected chi connectivity index (χ3v) is 2.44. The first-order valence-corrected chi connectivity index (χ1v) is 5.18. The lowest BCUT2D eigenvalue weighted by atomic mass is 10.1. The molecule has 0 aliphatic heterocycles. The van der Waals surface area contributed by atoms with Crippen LogP contribution < -0.4 is 5.32 Å². The maximum absolute atomic E-state index is 11.6. The van der Waals surface area contributed by atoms with Crippen molar-refractivity contribution < 1.29 is 9.90 Å². The Hall–Kier alpha value is -1.35. The van der Waals surface area contributed by atoms with Gasteiger partial charge in [0.25, 0.3) is 0 Å². The monoisotopic (exact) mass is 207 g/mol. The van der Waals surface area contributed by atoms with Crippen LogP contribution in [0.2, 0.25) is 0 Å². The molecule has 82 valence electrons. The molecule has 0 saturated carbocycles. The van der Waals surface area contributed by atoms with Crippen LogP contribution in [0.1, 0.15) is 25.8 Å². The van der Waals surface area contributed by atoms with Crippen molar-refractivity contribution in [2.75, 3.05) is 5.32 Å². The highest BCUT2D eigenvalue weighted by Gasteiger charge is 2.10. The topological polar surface area (TPSA) is 49.3 Å². The zero-order valence-electron chi connectivity index (χ0n) is 9.16. The molecule has 0 bridgehead atoms. The van der Waals surface area contributed by atoms with Crippen LogP contribution in [0.25, 0.3) is 0 Å². The van der Waals surface area contributed by atoms with E-state index in [0.717, 1.165) is 17.7 Å². The lowest BCUT2D eigenvalue weighted by Gasteiger charge is -2.10. The zero-order valence-corrected chi connectivity index (χ0v) is 9.16. The van der Waals surface area contributed by atoms with Crippen LogP contribution in [-0.4, -0.2) is 11.0 Å². The van der Waals surface area contributed by atoms with E-state index in [9.17, 15) is 4.79 Å². The van der Waals surface area contributed by atoms with Gasteiger partial charge in [-0.15, -0.1) is 0 Å². The molecular formula is C12H17NO2. The highest BCUT2D eigenvalue weighted by molar-refractivity contribution is 5.92. The minimum atomic E-state index is -0.00690. The predicted octanol–water partition coefficient (Wildman–Crippen LogP) is 2.16. The third kappa shape index (κ3) is 3.36. The van der Waals surface area contributed by atoms with Gasteiger partial charge in [-0.3, -0.25) is 4.79 Å². The first kappa shape index (κ1) is 11.7. The second kappa shape index (κ2) is 5.51. The van der Waals surface area contributed by atoms with E-state index >= 15 is 0 Å². The molecule has 1 aromatic rings. The molecule has 0 heterocycles. The van der Waals surface area contributed by atoms with Crippen LogP contribution in [0.4, 0.5) is 5.69 Å². The van der Waals surface area contributed by atoms with E-state index in [4.69, 9.17) is 5.11 Å². The Labute approximate surface area is 90.1 Å². The second-order valence-corrected chi connectivity index (χ2v) is 3.66. The molecule has 1 aromatic carbocycles. The number of carbonyl (C=O) groups is 1. The number of anilines is 1. The first-order valence-electron chi connectivity index (χ1n) is 5.18. The van der Waals surface area contributed by atoms with Crippen molar-refractivity contribution in [1.82, 2.24) is 0 Å². The molecule has 0 radical (unpaired) electrons. The highest BCUT2D eigenvalue weighted by Crippen LogP contribution is 2.12. The van der Waals surface area contributed by atoms with Crippen molar-refractivity contribution in [3.8, 4) is 0 Å². The predicted molar refractivity (Wildman–Crippen MR) is 60.4 cm³/mol. The van der Waals surface area contributed by atoms with Crippen molar-refractivity contribution in [2.45, 2.75) is 26.9 Å². The van der Waals surface area contributed by atoms with Crippen LogP contribution in [0.5, 0.6) is 0 Å². The van der Waals surface area contributed by atoms with E-state index in [1.165, 1.54) is 0 Å². The summed E-state index contributed by atoms with van der Waals surface area (Å²) in [5, 5.41) is 11.8. The SMILES string of the molecule is CCC(C)C(=O)Nc1cccc(CO)c1. The van der Waals surface area contributed by atoms with Gasteiger partial charge in [0.05, 0.1) is 6.61 Å². The fourth-order valence-corrected chi connectivity index (χ4v) is 1.20. The molecule has 3 heteroatoms. The molecule has 0 fully saturated rings. The summed E-state index contributed by atoms with van der Waals surface area (Å²) in [5.41, 5.74) is 1.55. The number of carbonyl (C=O) groups excluding carboxylic acids is 1. The van der Waals surface area contributed by atoms with Crippen LogP contribution in [-0.2, 0) is 11.4 Å². The van der Waals surface area contributed by atoms with Gasteiger partial charge in [0.15, 0.2) is 0 Å². The highest BCUT2D eigenvalue weighted by atomic mass is 16.3. The molecule has 0 saturated heterocycles. The quantitative estimate of drug-likeness (QED) is 0.794. The second-order valence-electron chi connectivity index (χ2n) is 3.66. The van der Waals surface area contributed by atoms with Gasteiger partial charge in [0.2, 0.25) is 5.91 Å². The summed E-state index contributed by atoms with van der Waals surface area (Å²) in [6.07, 6.45) is 0.825. The first-order chi connectivity index (χ1) is 7.17. The molecule has 0 aliphatic rings. The lowest BCUT2D eigenvalue weighted by Crippen LogP contribution is -2.19. The minimum absolute atomic E-state index is 0.00690. The number of hydrogen-bond donors (Lipinski definition) is 2. The number of aliphatic hydroxyl groups is 1. The van der Waals surface area contributed by atoms with E-state index in [0.29, 0.717) is 0 Å². The van der Waals surface area contributed by atoms with Gasteiger partial charge in [-0.25, -0.2) is 0 Å². The fraction of sp³-hybridized carbons (Fsp3) is 0.417. The summed E-state index contributed by atoms with van der Waals surface area (Å²) in [6, 6.07) is 7.23. The number of rotatable bonds is 4. The Bertz CT molecular complexity index is 336. The average Bonchev–Trinajstić information content (AvgIpc) is 2.28. The molecule has 1 amide bonds. The summed E-state index contributed by atoms with van der Waals surface area (Å²) >= 11 is 0. The van der Waals surface area contributed by atoms with Gasteiger partial charge in [0.1, 0.15) is 0 Å². The number of amides is 1. The van der Waals surface area contributed by atoms with Crippen molar-refractivity contribution >= 4 is 11.6 Å². The minimum Gasteiger partial charge on any atom is -0.392 e. The number of aliphatic hydroxyl groups excluding tert-OH is 1. The summed E-state index contributed by atoms with van der Waals surface area (Å²) in [5.74, 6) is 0.0374. The molecule has 1 unspecified atom stereocenters. The summed E-state index contributed by atoms with van der Waals surface area (Å²) in [4.78, 5) is 11.6. The van der Waals surface area contributed by atoms with Gasteiger partial charge in [-0.1, -0.05) is 26.0 Å². The Balaban J connectivity index is 2.68. The third-order valence-electron chi connectivity index (χ3n) is 2.44. The van der Waals surface area contributed by atoms with Crippen LogP contribution >= 0.6 is 0 Å². The van der Waals surface area contributed by atoms with Crippen molar-refractivity contribution in [3.63, 3.8) is 0 Å². The van der Waals surface area contributed by atoms with E-state index in [1.54, 1.807) is 6.07 Å². The van der Waals surface area contributed by atoms with Crippen LogP contribution in [0, 0.1) is 5.92 Å². The summed E-state index contributed by atoms with van der Waals surface area (Å²) < 4.78 is 0. The molecule has 2 N–H and O–H groups in total. The zero-order chi connectivity index (χ0) is 11.3. The Morgan fingerprint density at radius 3 is 2.87 bits per heavy atom. The van der Waals surface area contributed by atoms with Gasteiger partial charge < -0.3 is 10.4 Å². The standard InChI is InChI=1S/C12H17NO2/c1-3-9(2)12(15)13-11-6-4-5-10(7-11)8-14/h4-7,9,14H,3,8H2,1-2H3,(H,13,15). The number of hydrogen-bond acceptors (Lipinski definition) is 2. The molecule has 15 heavy (non-hydrogen) atoms. The number of benzene rings is 1. The molecule has 0 aliphatic carbocycles. The summed E-state index contributed by atoms with van der Waals surface area (Å²) in [6.45, 7) is 3.87. The molecule has 0 spiro atoms. The van der Waals surface area contributed by atoms with Crippen LogP contribution in [0.3, 0.4) is 0 Å². The van der Waals surface area contributed by atoms with E-state index in [-0.39, 0.29) is 18.4 Å². The fourth-order valence-electron chi connectivity index (χ4n) is 1.20. The maximum atomic E-state index is 11.6. The molecular weight excluding hydrogens is 190 g/mol. The average molecular weight is 207 g/mol. The molecule has 0 aromatic heterocycles. The Morgan fingerprint density at radius 1 is 1.53 bits per heavy atom. The normalized spacial score (nSPS) is 12.2.